The Morgan fingerprint density at radius 1 is 1.78 bits per heavy atom. The molecule has 0 aliphatic heterocycles. The van der Waals surface area contributed by atoms with E-state index in [1.165, 1.54) is 0 Å². The highest BCUT2D eigenvalue weighted by molar-refractivity contribution is 7.96. The smallest absolute Gasteiger partial charge is 0.221 e. The second kappa shape index (κ2) is 4.50. The highest BCUT2D eigenvalue weighted by Gasteiger charge is 2.05. The summed E-state index contributed by atoms with van der Waals surface area (Å²) in [5.41, 5.74) is 0. The number of carbonyl (C=O) groups excluding carboxylic acids is 1. The second-order valence-corrected chi connectivity index (χ2v) is 2.43. The first-order valence-electron chi connectivity index (χ1n) is 3.00. The van der Waals surface area contributed by atoms with Gasteiger partial charge in [-0.2, -0.15) is 0 Å². The molecule has 0 saturated carbocycles. The number of allylic oxidation sites excluding steroid dienone is 2. The van der Waals surface area contributed by atoms with Crippen LogP contribution in [0.15, 0.2) is 12.2 Å². The van der Waals surface area contributed by atoms with Crippen molar-refractivity contribution in [3.05, 3.63) is 12.2 Å². The minimum absolute atomic E-state index is 0.0104. The highest BCUT2D eigenvalue weighted by atomic mass is 32.1. The van der Waals surface area contributed by atoms with Gasteiger partial charge in [-0.15, -0.1) is 0 Å². The van der Waals surface area contributed by atoms with Crippen LogP contribution in [0.4, 0.5) is 0 Å². The van der Waals surface area contributed by atoms with Gasteiger partial charge in [0.25, 0.3) is 0 Å². The number of hydrogen-bond acceptors (Lipinski definition) is 1. The van der Waals surface area contributed by atoms with Crippen molar-refractivity contribution < 1.29 is 4.79 Å². The monoisotopic (exact) mass is 143 g/mol. The molecule has 1 radical (unpaired) electrons. The molecule has 0 aromatic carbocycles. The van der Waals surface area contributed by atoms with Gasteiger partial charge in [0.15, 0.2) is 0 Å². The molecule has 1 atom stereocenters. The summed E-state index contributed by atoms with van der Waals surface area (Å²) >= 11 is 4.44. The molecule has 0 bridgehead atoms. The zero-order chi connectivity index (χ0) is 7.28. The van der Waals surface area contributed by atoms with Gasteiger partial charge >= 0.3 is 0 Å². The van der Waals surface area contributed by atoms with E-state index in [1.54, 1.807) is 0 Å². The molecule has 0 N–H and O–H groups in total. The van der Waals surface area contributed by atoms with Crippen LogP contribution in [0.2, 0.25) is 0 Å². The number of rotatable bonds is 3. The molecule has 0 spiro atoms. The summed E-state index contributed by atoms with van der Waals surface area (Å²) < 4.78 is 0. The molecule has 0 rings (SSSR count). The topological polar surface area (TPSA) is 17.1 Å². The van der Waals surface area contributed by atoms with Crippen LogP contribution in [0.5, 0.6) is 0 Å². The van der Waals surface area contributed by atoms with Crippen LogP contribution in [-0.2, 0) is 4.79 Å². The molecule has 0 heterocycles. The summed E-state index contributed by atoms with van der Waals surface area (Å²) in [7, 11) is 0. The van der Waals surface area contributed by atoms with Crippen LogP contribution in [0.25, 0.3) is 0 Å². The SMILES string of the molecule is CC=CCC(C)C(=O)[S]. The van der Waals surface area contributed by atoms with Crippen LogP contribution in [0, 0.1) is 5.92 Å². The Bertz CT molecular complexity index is 118. The summed E-state index contributed by atoms with van der Waals surface area (Å²) in [5, 5.41) is -0.145. The molecule has 2 heteroatoms. The fourth-order valence-electron chi connectivity index (χ4n) is 0.436. The van der Waals surface area contributed by atoms with Crippen molar-refractivity contribution in [1.29, 1.82) is 0 Å². The highest BCUT2D eigenvalue weighted by Crippen LogP contribution is 2.05. The van der Waals surface area contributed by atoms with Gasteiger partial charge < -0.3 is 0 Å². The van der Waals surface area contributed by atoms with Crippen molar-refractivity contribution in [1.82, 2.24) is 0 Å². The molecule has 1 unspecified atom stereocenters. The fraction of sp³-hybridized carbons (Fsp3) is 0.571. The maximum Gasteiger partial charge on any atom is 0.221 e. The lowest BCUT2D eigenvalue weighted by atomic mass is 10.1. The van der Waals surface area contributed by atoms with Crippen LogP contribution in [-0.4, -0.2) is 5.12 Å². The minimum atomic E-state index is -0.145. The zero-order valence-corrected chi connectivity index (χ0v) is 6.57. The molecule has 9 heavy (non-hydrogen) atoms. The maximum absolute atomic E-state index is 10.4. The molecule has 0 aliphatic carbocycles. The van der Waals surface area contributed by atoms with Crippen molar-refractivity contribution in [2.75, 3.05) is 0 Å². The average Bonchev–Trinajstić information content (AvgIpc) is 1.82. The summed E-state index contributed by atoms with van der Waals surface area (Å²) in [6.45, 7) is 3.77. The molecule has 0 saturated heterocycles. The van der Waals surface area contributed by atoms with Crippen molar-refractivity contribution in [2.24, 2.45) is 5.92 Å². The average molecular weight is 143 g/mol. The molecule has 1 nitrogen and oxygen atoms in total. The van der Waals surface area contributed by atoms with Crippen LogP contribution in [0.3, 0.4) is 0 Å². The lowest BCUT2D eigenvalue weighted by Crippen LogP contribution is -2.01. The predicted molar refractivity (Wildman–Crippen MR) is 41.2 cm³/mol. The molecule has 0 aromatic rings. The Balaban J connectivity index is 3.50. The first-order valence-corrected chi connectivity index (χ1v) is 3.41. The lowest BCUT2D eigenvalue weighted by Gasteiger charge is -1.98. The summed E-state index contributed by atoms with van der Waals surface area (Å²) in [5.74, 6) is 0.0104. The molecule has 0 fully saturated rings. The molecule has 0 amide bonds. The van der Waals surface area contributed by atoms with Crippen molar-refractivity contribution in [3.63, 3.8) is 0 Å². The van der Waals surface area contributed by atoms with Gasteiger partial charge in [-0.1, -0.05) is 19.1 Å². The third-order valence-electron chi connectivity index (χ3n) is 1.13. The van der Waals surface area contributed by atoms with E-state index in [-0.39, 0.29) is 11.0 Å². The van der Waals surface area contributed by atoms with Crippen molar-refractivity contribution in [2.45, 2.75) is 20.3 Å². The minimum Gasteiger partial charge on any atom is -0.282 e. The van der Waals surface area contributed by atoms with Gasteiger partial charge in [0.1, 0.15) is 0 Å². The third-order valence-corrected chi connectivity index (χ3v) is 1.53. The van der Waals surface area contributed by atoms with E-state index < -0.39 is 0 Å². The van der Waals surface area contributed by atoms with Gasteiger partial charge in [0.05, 0.1) is 0 Å². The Morgan fingerprint density at radius 3 is 2.67 bits per heavy atom. The summed E-state index contributed by atoms with van der Waals surface area (Å²) in [4.78, 5) is 10.4. The van der Waals surface area contributed by atoms with Gasteiger partial charge in [0, 0.05) is 5.92 Å². The molecular weight excluding hydrogens is 132 g/mol. The largest absolute Gasteiger partial charge is 0.282 e. The van der Waals surface area contributed by atoms with Crippen LogP contribution in [0.1, 0.15) is 20.3 Å². The van der Waals surface area contributed by atoms with Crippen LogP contribution >= 0.6 is 12.6 Å². The van der Waals surface area contributed by atoms with E-state index >= 15 is 0 Å². The van der Waals surface area contributed by atoms with E-state index in [1.807, 2.05) is 26.0 Å². The first kappa shape index (κ1) is 8.63. The van der Waals surface area contributed by atoms with E-state index in [0.29, 0.717) is 0 Å². The maximum atomic E-state index is 10.4. The van der Waals surface area contributed by atoms with E-state index in [9.17, 15) is 4.79 Å². The van der Waals surface area contributed by atoms with Crippen molar-refractivity contribution >= 4 is 17.7 Å². The van der Waals surface area contributed by atoms with E-state index in [2.05, 4.69) is 12.6 Å². The predicted octanol–water partition coefficient (Wildman–Crippen LogP) is 2.31. The molecule has 51 valence electrons. The number of carbonyl (C=O) groups is 1. The third kappa shape index (κ3) is 4.15. The second-order valence-electron chi connectivity index (χ2n) is 2.02. The summed E-state index contributed by atoms with van der Waals surface area (Å²) in [6, 6.07) is 0. The standard InChI is InChI=1S/C7H11OS/c1-3-4-5-6(2)7(8)9/h3-4,6H,5H2,1-2H3. The molecule has 0 aromatic heterocycles. The van der Waals surface area contributed by atoms with E-state index in [4.69, 9.17) is 0 Å². The zero-order valence-electron chi connectivity index (χ0n) is 5.76. The Morgan fingerprint density at radius 2 is 2.33 bits per heavy atom. The van der Waals surface area contributed by atoms with E-state index in [0.717, 1.165) is 6.42 Å². The Kier molecular flexibility index (Phi) is 4.32. The fourth-order valence-corrected chi connectivity index (χ4v) is 0.533. The van der Waals surface area contributed by atoms with Crippen molar-refractivity contribution in [3.8, 4) is 0 Å². The van der Waals surface area contributed by atoms with Gasteiger partial charge in [-0.05, 0) is 26.0 Å². The lowest BCUT2D eigenvalue weighted by molar-refractivity contribution is -0.113. The number of hydrogen-bond donors (Lipinski definition) is 0. The summed E-state index contributed by atoms with van der Waals surface area (Å²) in [6.07, 6.45) is 4.66. The quantitative estimate of drug-likeness (QED) is 0.554. The van der Waals surface area contributed by atoms with Gasteiger partial charge in [-0.3, -0.25) is 4.79 Å². The van der Waals surface area contributed by atoms with Gasteiger partial charge in [0.2, 0.25) is 5.12 Å². The molecule has 0 aliphatic rings. The van der Waals surface area contributed by atoms with Crippen LogP contribution < -0.4 is 0 Å². The van der Waals surface area contributed by atoms with Gasteiger partial charge in [-0.25, -0.2) is 0 Å². The Hall–Kier alpha value is -0.370. The Labute approximate surface area is 61.6 Å². The normalized spacial score (nSPS) is 14.0. The first-order chi connectivity index (χ1) is 4.18. The molecular formula is C7H11OS.